The molecule has 3 rings (SSSR count). The molecule has 0 saturated carbocycles. The van der Waals surface area contributed by atoms with Crippen LogP contribution in [0.4, 0.5) is 0 Å². The van der Waals surface area contributed by atoms with Crippen LogP contribution in [0.2, 0.25) is 0 Å². The van der Waals surface area contributed by atoms with E-state index in [2.05, 4.69) is 35.4 Å². The van der Waals surface area contributed by atoms with Crippen LogP contribution in [-0.4, -0.2) is 64.3 Å². The van der Waals surface area contributed by atoms with Gasteiger partial charge in [-0.25, -0.2) is 4.98 Å². The molecule has 0 aromatic carbocycles. The van der Waals surface area contributed by atoms with Gasteiger partial charge in [0.05, 0.1) is 12.7 Å². The van der Waals surface area contributed by atoms with Gasteiger partial charge in [-0.15, -0.1) is 24.0 Å². The Morgan fingerprint density at radius 2 is 2.28 bits per heavy atom. The van der Waals surface area contributed by atoms with Gasteiger partial charge in [-0.2, -0.15) is 5.10 Å². The molecule has 1 fully saturated rings. The van der Waals surface area contributed by atoms with Gasteiger partial charge in [-0.05, 0) is 25.0 Å². The highest BCUT2D eigenvalue weighted by Crippen LogP contribution is 2.24. The first-order valence-corrected chi connectivity index (χ1v) is 8.20. The van der Waals surface area contributed by atoms with Crippen LogP contribution in [0.5, 0.6) is 5.75 Å². The summed E-state index contributed by atoms with van der Waals surface area (Å²) >= 11 is 0. The van der Waals surface area contributed by atoms with E-state index in [-0.39, 0.29) is 24.0 Å². The molecule has 9 heteroatoms. The van der Waals surface area contributed by atoms with Crippen LogP contribution in [0.15, 0.2) is 35.8 Å². The van der Waals surface area contributed by atoms with Gasteiger partial charge >= 0.3 is 0 Å². The Kier molecular flexibility index (Phi) is 7.89. The summed E-state index contributed by atoms with van der Waals surface area (Å²) in [6.07, 6.45) is 7.10. The third-order valence-corrected chi connectivity index (χ3v) is 4.11. The molecular weight excluding hydrogens is 433 g/mol. The summed E-state index contributed by atoms with van der Waals surface area (Å²) in [5, 5.41) is 10.3. The van der Waals surface area contributed by atoms with E-state index in [1.54, 1.807) is 18.7 Å². The van der Waals surface area contributed by atoms with Crippen molar-refractivity contribution >= 4 is 29.9 Å². The Morgan fingerprint density at radius 1 is 1.44 bits per heavy atom. The number of H-pyrrole nitrogens is 1. The number of aliphatic imine (C=N–C) groups is 1. The first kappa shape index (κ1) is 19.4. The minimum atomic E-state index is 0. The van der Waals surface area contributed by atoms with Crippen molar-refractivity contribution in [2.75, 3.05) is 33.3 Å². The van der Waals surface area contributed by atoms with Gasteiger partial charge in [0.2, 0.25) is 0 Å². The zero-order valence-electron chi connectivity index (χ0n) is 14.3. The van der Waals surface area contributed by atoms with Crippen molar-refractivity contribution < 1.29 is 4.74 Å². The van der Waals surface area contributed by atoms with Crippen LogP contribution < -0.4 is 10.1 Å². The number of likely N-dealkylation sites (tertiary alicyclic amines) is 1. The topological polar surface area (TPSA) is 91.3 Å². The number of nitrogens with zero attached hydrogens (tertiary/aromatic N) is 5. The average molecular weight is 457 g/mol. The SMILES string of the molecule is CN=C(NCCOc1cccnc1)N1CCC(c2ncn[nH]2)CC1.I. The third-order valence-electron chi connectivity index (χ3n) is 4.11. The van der Waals surface area contributed by atoms with E-state index in [1.807, 2.05) is 19.2 Å². The minimum absolute atomic E-state index is 0. The molecular formula is C16H24IN7O. The highest BCUT2D eigenvalue weighted by atomic mass is 127. The largest absolute Gasteiger partial charge is 0.490 e. The third kappa shape index (κ3) is 5.55. The number of nitrogens with one attached hydrogen (secondary N) is 2. The summed E-state index contributed by atoms with van der Waals surface area (Å²) in [5.74, 6) is 3.14. The van der Waals surface area contributed by atoms with Crippen LogP contribution in [-0.2, 0) is 0 Å². The molecule has 0 aliphatic carbocycles. The molecule has 0 radical (unpaired) electrons. The number of rotatable bonds is 5. The molecule has 0 bridgehead atoms. The van der Waals surface area contributed by atoms with E-state index in [9.17, 15) is 0 Å². The highest BCUT2D eigenvalue weighted by Gasteiger charge is 2.24. The number of hydrogen-bond donors (Lipinski definition) is 2. The number of hydrogen-bond acceptors (Lipinski definition) is 5. The number of ether oxygens (including phenoxy) is 1. The standard InChI is InChI=1S/C16H23N7O.HI/c1-17-16(19-7-10-24-14-3-2-6-18-11-14)23-8-4-13(5-9-23)15-20-12-21-22-15;/h2-3,6,11-13H,4-5,7-10H2,1H3,(H,17,19)(H,20,21,22);1H. The lowest BCUT2D eigenvalue weighted by Crippen LogP contribution is -2.46. The first-order valence-electron chi connectivity index (χ1n) is 8.20. The predicted molar refractivity (Wildman–Crippen MR) is 106 cm³/mol. The van der Waals surface area contributed by atoms with E-state index in [0.717, 1.165) is 43.5 Å². The molecule has 0 atom stereocenters. The molecule has 0 spiro atoms. The van der Waals surface area contributed by atoms with Gasteiger partial charge < -0.3 is 15.0 Å². The van der Waals surface area contributed by atoms with Crippen molar-refractivity contribution in [1.82, 2.24) is 30.4 Å². The Morgan fingerprint density at radius 3 is 2.92 bits per heavy atom. The second-order valence-corrected chi connectivity index (χ2v) is 5.64. The van der Waals surface area contributed by atoms with Gasteiger partial charge in [0.1, 0.15) is 24.5 Å². The summed E-state index contributed by atoms with van der Waals surface area (Å²) in [6.45, 7) is 3.17. The second-order valence-electron chi connectivity index (χ2n) is 5.64. The number of aromatic nitrogens is 4. The Balaban J connectivity index is 0.00000225. The lowest BCUT2D eigenvalue weighted by atomic mass is 9.96. The van der Waals surface area contributed by atoms with Crippen LogP contribution in [0.25, 0.3) is 0 Å². The lowest BCUT2D eigenvalue weighted by Gasteiger charge is -2.33. The summed E-state index contributed by atoms with van der Waals surface area (Å²) in [7, 11) is 1.81. The average Bonchev–Trinajstić information content (AvgIpc) is 3.18. The van der Waals surface area contributed by atoms with E-state index in [4.69, 9.17) is 4.74 Å². The normalized spacial score (nSPS) is 15.6. The van der Waals surface area contributed by atoms with Crippen molar-refractivity contribution in [3.05, 3.63) is 36.7 Å². The van der Waals surface area contributed by atoms with Crippen molar-refractivity contribution in [3.63, 3.8) is 0 Å². The number of guanidine groups is 1. The van der Waals surface area contributed by atoms with Gasteiger partial charge in [0, 0.05) is 32.3 Å². The molecule has 1 aliphatic heterocycles. The lowest BCUT2D eigenvalue weighted by molar-refractivity contribution is 0.289. The van der Waals surface area contributed by atoms with Crippen LogP contribution in [0, 0.1) is 0 Å². The van der Waals surface area contributed by atoms with Crippen molar-refractivity contribution in [3.8, 4) is 5.75 Å². The molecule has 2 aromatic rings. The van der Waals surface area contributed by atoms with Crippen molar-refractivity contribution in [1.29, 1.82) is 0 Å². The maximum atomic E-state index is 5.64. The quantitative estimate of drug-likeness (QED) is 0.307. The molecule has 3 heterocycles. The van der Waals surface area contributed by atoms with Crippen LogP contribution in [0.1, 0.15) is 24.6 Å². The Bertz CT molecular complexity index is 627. The molecule has 0 unspecified atom stereocenters. The fourth-order valence-electron chi connectivity index (χ4n) is 2.87. The number of aromatic amines is 1. The highest BCUT2D eigenvalue weighted by molar-refractivity contribution is 14.0. The first-order chi connectivity index (χ1) is 11.9. The van der Waals surface area contributed by atoms with Gasteiger partial charge in [-0.3, -0.25) is 15.1 Å². The summed E-state index contributed by atoms with van der Waals surface area (Å²) in [5.41, 5.74) is 0. The molecule has 1 saturated heterocycles. The maximum Gasteiger partial charge on any atom is 0.193 e. The zero-order chi connectivity index (χ0) is 16.6. The van der Waals surface area contributed by atoms with Gasteiger partial charge in [-0.1, -0.05) is 0 Å². The molecule has 25 heavy (non-hydrogen) atoms. The predicted octanol–water partition coefficient (Wildman–Crippen LogP) is 1.65. The van der Waals surface area contributed by atoms with Crippen LogP contribution >= 0.6 is 24.0 Å². The van der Waals surface area contributed by atoms with E-state index in [0.29, 0.717) is 19.1 Å². The van der Waals surface area contributed by atoms with E-state index < -0.39 is 0 Å². The summed E-state index contributed by atoms with van der Waals surface area (Å²) < 4.78 is 5.64. The molecule has 0 amide bonds. The maximum absolute atomic E-state index is 5.64. The fraction of sp³-hybridized carbons (Fsp3) is 0.500. The zero-order valence-corrected chi connectivity index (χ0v) is 16.6. The number of halogens is 1. The summed E-state index contributed by atoms with van der Waals surface area (Å²) in [4.78, 5) is 14.9. The molecule has 2 aromatic heterocycles. The molecule has 2 N–H and O–H groups in total. The molecule has 8 nitrogen and oxygen atoms in total. The van der Waals surface area contributed by atoms with Gasteiger partial charge in [0.25, 0.3) is 0 Å². The molecule has 136 valence electrons. The number of piperidine rings is 1. The van der Waals surface area contributed by atoms with E-state index in [1.165, 1.54) is 0 Å². The monoisotopic (exact) mass is 457 g/mol. The summed E-state index contributed by atoms with van der Waals surface area (Å²) in [6, 6.07) is 3.76. The van der Waals surface area contributed by atoms with Gasteiger partial charge in [0.15, 0.2) is 5.96 Å². The fourth-order valence-corrected chi connectivity index (χ4v) is 2.87. The second kappa shape index (κ2) is 10.2. The smallest absolute Gasteiger partial charge is 0.193 e. The Labute approximate surface area is 164 Å². The number of pyridine rings is 1. The van der Waals surface area contributed by atoms with Crippen molar-refractivity contribution in [2.45, 2.75) is 18.8 Å². The molecule has 1 aliphatic rings. The van der Waals surface area contributed by atoms with Crippen molar-refractivity contribution in [2.24, 2.45) is 4.99 Å². The Hall–Kier alpha value is -1.91. The van der Waals surface area contributed by atoms with E-state index >= 15 is 0 Å². The minimum Gasteiger partial charge on any atom is -0.490 e. The van der Waals surface area contributed by atoms with Crippen LogP contribution in [0.3, 0.4) is 0 Å².